The second-order valence-corrected chi connectivity index (χ2v) is 3.08. The van der Waals surface area contributed by atoms with E-state index in [2.05, 4.69) is 9.68 Å². The van der Waals surface area contributed by atoms with Crippen LogP contribution in [0.15, 0.2) is 22.7 Å². The smallest absolute Gasteiger partial charge is 0.222 e. The fraction of sp³-hybridized carbons (Fsp3) is 0.100. The molecule has 6 heteroatoms. The molecular weight excluding hydrogens is 218 g/mol. The number of nitrogens with zero attached hydrogens (tertiary/aromatic N) is 1. The molecule has 0 amide bonds. The topological polar surface area (TPSA) is 61.3 Å². The van der Waals surface area contributed by atoms with Crippen LogP contribution in [0.4, 0.5) is 14.7 Å². The summed E-state index contributed by atoms with van der Waals surface area (Å²) in [6, 6.07) is 3.24. The predicted molar refractivity (Wildman–Crippen MR) is 52.8 cm³/mol. The largest absolute Gasteiger partial charge is 0.494 e. The average Bonchev–Trinajstić information content (AvgIpc) is 2.67. The minimum absolute atomic E-state index is 0.0256. The van der Waals surface area contributed by atoms with Crippen LogP contribution < -0.4 is 10.5 Å². The first-order valence-electron chi connectivity index (χ1n) is 4.37. The highest BCUT2D eigenvalue weighted by molar-refractivity contribution is 5.64. The Morgan fingerprint density at radius 3 is 2.62 bits per heavy atom. The Morgan fingerprint density at radius 1 is 1.31 bits per heavy atom. The van der Waals surface area contributed by atoms with Gasteiger partial charge in [-0.1, -0.05) is 5.16 Å². The summed E-state index contributed by atoms with van der Waals surface area (Å²) in [6.07, 6.45) is 0. The predicted octanol–water partition coefficient (Wildman–Crippen LogP) is 2.21. The van der Waals surface area contributed by atoms with Crippen LogP contribution in [-0.2, 0) is 0 Å². The van der Waals surface area contributed by atoms with Crippen molar-refractivity contribution >= 4 is 5.88 Å². The molecule has 0 spiro atoms. The summed E-state index contributed by atoms with van der Waals surface area (Å²) in [4.78, 5) is 0. The van der Waals surface area contributed by atoms with Gasteiger partial charge in [-0.05, 0) is 6.07 Å². The van der Waals surface area contributed by atoms with E-state index in [-0.39, 0.29) is 22.9 Å². The van der Waals surface area contributed by atoms with Gasteiger partial charge in [0.05, 0.1) is 7.11 Å². The Hall–Kier alpha value is -2.11. The van der Waals surface area contributed by atoms with E-state index in [9.17, 15) is 8.78 Å². The minimum Gasteiger partial charge on any atom is -0.494 e. The van der Waals surface area contributed by atoms with E-state index >= 15 is 0 Å². The number of rotatable bonds is 2. The van der Waals surface area contributed by atoms with Crippen molar-refractivity contribution in [2.45, 2.75) is 0 Å². The van der Waals surface area contributed by atoms with Gasteiger partial charge in [-0.15, -0.1) is 0 Å². The molecule has 2 aromatic rings. The van der Waals surface area contributed by atoms with Gasteiger partial charge in [0.1, 0.15) is 11.5 Å². The van der Waals surface area contributed by atoms with Gasteiger partial charge in [0.15, 0.2) is 11.6 Å². The Morgan fingerprint density at radius 2 is 2.06 bits per heavy atom. The van der Waals surface area contributed by atoms with E-state index in [0.29, 0.717) is 0 Å². The molecule has 1 aromatic heterocycles. The van der Waals surface area contributed by atoms with Crippen LogP contribution >= 0.6 is 0 Å². The molecule has 2 N–H and O–H groups in total. The van der Waals surface area contributed by atoms with Gasteiger partial charge >= 0.3 is 0 Å². The zero-order valence-electron chi connectivity index (χ0n) is 8.33. The third-order valence-electron chi connectivity index (χ3n) is 2.03. The van der Waals surface area contributed by atoms with Crippen LogP contribution in [0.1, 0.15) is 0 Å². The molecule has 4 nitrogen and oxygen atoms in total. The van der Waals surface area contributed by atoms with Gasteiger partial charge < -0.3 is 15.0 Å². The first-order valence-corrected chi connectivity index (χ1v) is 4.37. The molecule has 1 aromatic carbocycles. The lowest BCUT2D eigenvalue weighted by Gasteiger charge is -2.05. The van der Waals surface area contributed by atoms with E-state index < -0.39 is 11.6 Å². The zero-order valence-corrected chi connectivity index (χ0v) is 8.33. The van der Waals surface area contributed by atoms with Gasteiger partial charge in [-0.2, -0.15) is 0 Å². The van der Waals surface area contributed by atoms with Crippen LogP contribution in [0.3, 0.4) is 0 Å². The summed E-state index contributed by atoms with van der Waals surface area (Å²) in [5, 5.41) is 3.50. The number of hydrogen-bond donors (Lipinski definition) is 1. The number of nitrogens with two attached hydrogens (primary N) is 1. The number of hydrogen-bond acceptors (Lipinski definition) is 4. The van der Waals surface area contributed by atoms with Crippen molar-refractivity contribution < 1.29 is 18.0 Å². The van der Waals surface area contributed by atoms with E-state index in [0.717, 1.165) is 12.1 Å². The molecule has 84 valence electrons. The summed E-state index contributed by atoms with van der Waals surface area (Å²) in [5.41, 5.74) is 5.36. The van der Waals surface area contributed by atoms with E-state index in [1.165, 1.54) is 13.2 Å². The van der Waals surface area contributed by atoms with Crippen molar-refractivity contribution in [3.8, 4) is 17.0 Å². The summed E-state index contributed by atoms with van der Waals surface area (Å²) < 4.78 is 36.2. The highest BCUT2D eigenvalue weighted by atomic mass is 19.1. The monoisotopic (exact) mass is 226 g/mol. The lowest BCUT2D eigenvalue weighted by Crippen LogP contribution is -1.93. The Balaban J connectivity index is 2.60. The molecule has 0 saturated heterocycles. The Labute approximate surface area is 89.6 Å². The van der Waals surface area contributed by atoms with Crippen molar-refractivity contribution in [3.05, 3.63) is 29.8 Å². The van der Waals surface area contributed by atoms with Crippen LogP contribution in [0.5, 0.6) is 5.75 Å². The highest BCUT2D eigenvalue weighted by Gasteiger charge is 2.16. The van der Waals surface area contributed by atoms with Gasteiger partial charge in [-0.25, -0.2) is 8.78 Å². The van der Waals surface area contributed by atoms with Gasteiger partial charge in [0.25, 0.3) is 0 Å². The maximum Gasteiger partial charge on any atom is 0.222 e. The molecule has 2 rings (SSSR count). The van der Waals surface area contributed by atoms with Gasteiger partial charge in [0, 0.05) is 17.7 Å². The van der Waals surface area contributed by atoms with Gasteiger partial charge in [0.2, 0.25) is 5.88 Å². The SMILES string of the molecule is COc1cc(F)cc(-c2cc(N)on2)c1F. The number of methoxy groups -OCH3 is 1. The maximum atomic E-state index is 13.7. The van der Waals surface area contributed by atoms with Crippen molar-refractivity contribution in [1.29, 1.82) is 0 Å². The number of ether oxygens (including phenoxy) is 1. The standard InChI is InChI=1S/C10H8F2N2O2/c1-15-8-3-5(11)2-6(10(8)12)7-4-9(13)16-14-7/h2-4H,13H2,1H3. The fourth-order valence-corrected chi connectivity index (χ4v) is 1.32. The molecule has 0 fully saturated rings. The third kappa shape index (κ3) is 1.69. The number of anilines is 1. The summed E-state index contributed by atoms with van der Waals surface area (Å²) >= 11 is 0. The first kappa shape index (κ1) is 10.4. The summed E-state index contributed by atoms with van der Waals surface area (Å²) in [7, 11) is 1.25. The molecule has 16 heavy (non-hydrogen) atoms. The van der Waals surface area contributed by atoms with Crippen molar-refractivity contribution in [1.82, 2.24) is 5.16 Å². The van der Waals surface area contributed by atoms with E-state index in [1.807, 2.05) is 0 Å². The molecule has 0 unspecified atom stereocenters. The number of nitrogen functional groups attached to an aromatic ring is 1. The number of aromatic nitrogens is 1. The van der Waals surface area contributed by atoms with Crippen molar-refractivity contribution in [2.24, 2.45) is 0 Å². The quantitative estimate of drug-likeness (QED) is 0.852. The van der Waals surface area contributed by atoms with E-state index in [1.54, 1.807) is 0 Å². The molecule has 0 radical (unpaired) electrons. The highest BCUT2D eigenvalue weighted by Crippen LogP contribution is 2.30. The zero-order chi connectivity index (χ0) is 11.7. The molecule has 0 saturated carbocycles. The Kier molecular flexibility index (Phi) is 2.47. The molecule has 0 atom stereocenters. The summed E-state index contributed by atoms with van der Waals surface area (Å²) in [6.45, 7) is 0. The summed E-state index contributed by atoms with van der Waals surface area (Å²) in [5.74, 6) is -1.51. The molecule has 0 bridgehead atoms. The molecule has 0 aliphatic rings. The van der Waals surface area contributed by atoms with Crippen LogP contribution in [-0.4, -0.2) is 12.3 Å². The van der Waals surface area contributed by atoms with E-state index in [4.69, 9.17) is 10.5 Å². The van der Waals surface area contributed by atoms with Gasteiger partial charge in [-0.3, -0.25) is 0 Å². The lowest BCUT2D eigenvalue weighted by molar-refractivity contribution is 0.383. The van der Waals surface area contributed by atoms with Crippen molar-refractivity contribution in [2.75, 3.05) is 12.8 Å². The average molecular weight is 226 g/mol. The Bertz CT molecular complexity index is 526. The number of benzene rings is 1. The molecule has 0 aliphatic carbocycles. The first-order chi connectivity index (χ1) is 7.61. The van der Waals surface area contributed by atoms with Crippen LogP contribution in [0.2, 0.25) is 0 Å². The lowest BCUT2D eigenvalue weighted by atomic mass is 10.1. The van der Waals surface area contributed by atoms with Crippen molar-refractivity contribution in [3.63, 3.8) is 0 Å². The molecule has 1 heterocycles. The normalized spacial score (nSPS) is 10.4. The fourth-order valence-electron chi connectivity index (χ4n) is 1.32. The minimum atomic E-state index is -0.711. The second kappa shape index (κ2) is 3.80. The van der Waals surface area contributed by atoms with Crippen LogP contribution in [0, 0.1) is 11.6 Å². The maximum absolute atomic E-state index is 13.7. The number of halogens is 2. The molecular formula is C10H8F2N2O2. The van der Waals surface area contributed by atoms with Crippen LogP contribution in [0.25, 0.3) is 11.3 Å². The molecule has 0 aliphatic heterocycles. The second-order valence-electron chi connectivity index (χ2n) is 3.08. The third-order valence-corrected chi connectivity index (χ3v) is 2.03.